The Kier molecular flexibility index (Phi) is 30.2. The van der Waals surface area contributed by atoms with E-state index in [4.69, 9.17) is 28.4 Å². The number of unbranched alkanes of at least 4 members (excludes halogenated alkanes) is 7. The van der Waals surface area contributed by atoms with Gasteiger partial charge in [-0.3, -0.25) is 9.59 Å². The van der Waals surface area contributed by atoms with Crippen LogP contribution in [-0.2, 0) is 38.0 Å². The summed E-state index contributed by atoms with van der Waals surface area (Å²) >= 11 is 0. The Labute approximate surface area is 367 Å². The van der Waals surface area contributed by atoms with Crippen molar-refractivity contribution >= 4 is 11.9 Å². The number of hydrogen-bond donors (Lipinski definition) is 7. The summed E-state index contributed by atoms with van der Waals surface area (Å²) in [6, 6.07) is 0. The zero-order valence-corrected chi connectivity index (χ0v) is 36.6. The van der Waals surface area contributed by atoms with E-state index in [1.165, 1.54) is 38.5 Å². The van der Waals surface area contributed by atoms with Gasteiger partial charge in [0.2, 0.25) is 0 Å². The molecule has 0 aliphatic carbocycles. The number of rotatable bonds is 31. The Balaban J connectivity index is 1.93. The molecule has 0 radical (unpaired) electrons. The lowest BCUT2D eigenvalue weighted by Crippen LogP contribution is -2.61. The number of carbonyl (C=O) groups is 2. The van der Waals surface area contributed by atoms with Crippen LogP contribution in [-0.4, -0.2) is 142 Å². The van der Waals surface area contributed by atoms with Gasteiger partial charge < -0.3 is 64.2 Å². The van der Waals surface area contributed by atoms with Crippen LogP contribution < -0.4 is 0 Å². The van der Waals surface area contributed by atoms with E-state index >= 15 is 0 Å². The van der Waals surface area contributed by atoms with Gasteiger partial charge in [-0.15, -0.1) is 0 Å². The molecule has 2 heterocycles. The summed E-state index contributed by atoms with van der Waals surface area (Å²) in [5.74, 6) is -1.10. The van der Waals surface area contributed by atoms with Crippen molar-refractivity contribution in [3.63, 3.8) is 0 Å². The molecule has 2 saturated heterocycles. The van der Waals surface area contributed by atoms with Crippen LogP contribution in [0.2, 0.25) is 0 Å². The van der Waals surface area contributed by atoms with Crippen molar-refractivity contribution in [1.29, 1.82) is 0 Å². The normalized spacial score (nSPS) is 27.9. The molecule has 15 nitrogen and oxygen atoms in total. The number of hydrogen-bond acceptors (Lipinski definition) is 15. The van der Waals surface area contributed by atoms with E-state index in [-0.39, 0.29) is 19.4 Å². The van der Waals surface area contributed by atoms with E-state index in [2.05, 4.69) is 32.1 Å². The third-order valence-corrected chi connectivity index (χ3v) is 10.00. The number of aliphatic hydroxyl groups is 7. The zero-order chi connectivity index (χ0) is 45.4. The topological polar surface area (TPSA) is 231 Å². The molecule has 2 rings (SSSR count). The highest BCUT2D eigenvalue weighted by molar-refractivity contribution is 5.70. The summed E-state index contributed by atoms with van der Waals surface area (Å²) in [5, 5.41) is 71.8. The van der Waals surface area contributed by atoms with Gasteiger partial charge in [0.1, 0.15) is 55.4 Å². The molecular weight excluding hydrogens is 805 g/mol. The predicted molar refractivity (Wildman–Crippen MR) is 233 cm³/mol. The molecule has 7 N–H and O–H groups in total. The molecule has 2 fully saturated rings. The molecule has 2 aliphatic heterocycles. The van der Waals surface area contributed by atoms with Gasteiger partial charge in [0.15, 0.2) is 18.7 Å². The molecule has 5 unspecified atom stereocenters. The average molecular weight is 879 g/mol. The standard InChI is InChI=1S/C47H74O15/c1-3-5-7-9-11-13-15-17-19-21-23-25-27-29-38(49)57-32-35(60-39(50)30-28-26-24-22-20-18-16-14-12-10-8-6-4-2)33-58-46-45(56)43(54)41(52)37(62-46)34-59-47-44(55)42(53)40(51)36(31-48)61-47/h6,8,10,12,14,16-20,22-25,35-37,40-48,51-56H,3-5,7,9,11,13,15,21,26-34H2,1-2H3/b8-6+,12-10+,16-14+,19-17+,20-18+,24-22+,25-23+/t35?,36-,37-,40+,41+,42?,43?,44?,45?,46-,47-/m1/s1. The number of ether oxygens (including phenoxy) is 6. The minimum Gasteiger partial charge on any atom is -0.462 e. The number of esters is 2. The first-order valence-corrected chi connectivity index (χ1v) is 22.2. The fraction of sp³-hybridized carbons (Fsp3) is 0.660. The summed E-state index contributed by atoms with van der Waals surface area (Å²) in [5.41, 5.74) is 0. The van der Waals surface area contributed by atoms with Crippen LogP contribution in [0.3, 0.4) is 0 Å². The summed E-state index contributed by atoms with van der Waals surface area (Å²) in [4.78, 5) is 25.5. The Morgan fingerprint density at radius 1 is 0.548 bits per heavy atom. The highest BCUT2D eigenvalue weighted by atomic mass is 16.7. The van der Waals surface area contributed by atoms with Gasteiger partial charge in [-0.2, -0.15) is 0 Å². The quantitative estimate of drug-likeness (QED) is 0.0220. The molecule has 0 aromatic carbocycles. The zero-order valence-electron chi connectivity index (χ0n) is 36.6. The molecule has 15 heteroatoms. The van der Waals surface area contributed by atoms with E-state index in [0.717, 1.165) is 19.3 Å². The van der Waals surface area contributed by atoms with Gasteiger partial charge in [0.05, 0.1) is 19.8 Å². The molecule has 0 spiro atoms. The van der Waals surface area contributed by atoms with Gasteiger partial charge in [0, 0.05) is 12.8 Å². The summed E-state index contributed by atoms with van der Waals surface area (Å²) in [6.45, 7) is 2.24. The third-order valence-electron chi connectivity index (χ3n) is 10.00. The molecule has 0 saturated carbocycles. The number of allylic oxidation sites excluding steroid dienone is 14. The summed E-state index contributed by atoms with van der Waals surface area (Å²) in [7, 11) is 0. The second-order valence-corrected chi connectivity index (χ2v) is 15.3. The van der Waals surface area contributed by atoms with Gasteiger partial charge in [-0.1, -0.05) is 131 Å². The summed E-state index contributed by atoms with van der Waals surface area (Å²) < 4.78 is 33.2. The lowest BCUT2D eigenvalue weighted by atomic mass is 9.98. The first-order chi connectivity index (χ1) is 30.0. The Bertz CT molecular complexity index is 1410. The molecule has 0 bridgehead atoms. The predicted octanol–water partition coefficient (Wildman–Crippen LogP) is 4.48. The largest absolute Gasteiger partial charge is 0.462 e. The Hall–Kier alpha value is -3.32. The van der Waals surface area contributed by atoms with Gasteiger partial charge in [-0.05, 0) is 44.9 Å². The number of carbonyl (C=O) groups excluding carboxylic acids is 2. The van der Waals surface area contributed by atoms with Crippen molar-refractivity contribution in [2.45, 2.75) is 171 Å². The lowest BCUT2D eigenvalue weighted by molar-refractivity contribution is -0.332. The minimum absolute atomic E-state index is 0.0531. The van der Waals surface area contributed by atoms with Crippen LogP contribution in [0.1, 0.15) is 104 Å². The fourth-order valence-corrected chi connectivity index (χ4v) is 6.30. The van der Waals surface area contributed by atoms with Crippen molar-refractivity contribution in [3.8, 4) is 0 Å². The molecule has 0 amide bonds. The molecule has 352 valence electrons. The van der Waals surface area contributed by atoms with Crippen molar-refractivity contribution in [3.05, 3.63) is 85.1 Å². The van der Waals surface area contributed by atoms with Crippen LogP contribution in [0.4, 0.5) is 0 Å². The minimum atomic E-state index is -1.79. The maximum Gasteiger partial charge on any atom is 0.306 e. The Morgan fingerprint density at radius 2 is 1.11 bits per heavy atom. The molecule has 2 aliphatic rings. The van der Waals surface area contributed by atoms with Crippen molar-refractivity contribution in [2.24, 2.45) is 0 Å². The monoisotopic (exact) mass is 879 g/mol. The second-order valence-electron chi connectivity index (χ2n) is 15.3. The average Bonchev–Trinajstić information content (AvgIpc) is 3.26. The van der Waals surface area contributed by atoms with E-state index in [1.807, 2.05) is 66.8 Å². The Morgan fingerprint density at radius 3 is 1.77 bits per heavy atom. The van der Waals surface area contributed by atoms with Crippen molar-refractivity contribution in [2.75, 3.05) is 26.4 Å². The van der Waals surface area contributed by atoms with E-state index in [1.54, 1.807) is 0 Å². The molecular formula is C47H74O15. The molecule has 62 heavy (non-hydrogen) atoms. The highest BCUT2D eigenvalue weighted by Gasteiger charge is 2.47. The van der Waals surface area contributed by atoms with Crippen molar-refractivity contribution < 1.29 is 73.8 Å². The molecule has 0 aromatic heterocycles. The van der Waals surface area contributed by atoms with Gasteiger partial charge in [0.25, 0.3) is 0 Å². The fourth-order valence-electron chi connectivity index (χ4n) is 6.30. The van der Waals surface area contributed by atoms with Crippen LogP contribution in [0.5, 0.6) is 0 Å². The lowest BCUT2D eigenvalue weighted by Gasteiger charge is -2.42. The smallest absolute Gasteiger partial charge is 0.306 e. The van der Waals surface area contributed by atoms with Crippen LogP contribution in [0, 0.1) is 0 Å². The first-order valence-electron chi connectivity index (χ1n) is 22.2. The van der Waals surface area contributed by atoms with Crippen LogP contribution in [0.25, 0.3) is 0 Å². The second kappa shape index (κ2) is 34.1. The van der Waals surface area contributed by atoms with E-state index in [9.17, 15) is 45.3 Å². The summed E-state index contributed by atoms with van der Waals surface area (Å²) in [6.07, 6.45) is 22.3. The SMILES string of the molecule is CC/C=C/C=C/C=C/C=C/C=C/CCCC(=O)OC(COC(=O)CC/C=C/C/C=C/CCCCCCCC)CO[C@@H]1O[C@H](CO[C@@H]2O[C@H](CO)[C@H](O)C(O)C2O)[C@H](O)C(O)C1O. The third kappa shape index (κ3) is 22.9. The van der Waals surface area contributed by atoms with Gasteiger partial charge in [-0.25, -0.2) is 0 Å². The van der Waals surface area contributed by atoms with E-state index in [0.29, 0.717) is 19.3 Å². The first kappa shape index (κ1) is 54.8. The molecule has 0 aromatic rings. The van der Waals surface area contributed by atoms with E-state index < -0.39 is 99.3 Å². The van der Waals surface area contributed by atoms with Gasteiger partial charge >= 0.3 is 11.9 Å². The van der Waals surface area contributed by atoms with Crippen LogP contribution >= 0.6 is 0 Å². The molecule has 11 atom stereocenters. The maximum absolute atomic E-state index is 12.9. The maximum atomic E-state index is 12.9. The van der Waals surface area contributed by atoms with Crippen molar-refractivity contribution in [1.82, 2.24) is 0 Å². The highest BCUT2D eigenvalue weighted by Crippen LogP contribution is 2.26. The number of aliphatic hydroxyl groups excluding tert-OH is 7. The van der Waals surface area contributed by atoms with Crippen LogP contribution in [0.15, 0.2) is 85.1 Å².